The van der Waals surface area contributed by atoms with E-state index in [1.54, 1.807) is 0 Å². The van der Waals surface area contributed by atoms with Crippen LogP contribution in [0.1, 0.15) is 38.9 Å². The zero-order chi connectivity index (χ0) is 18.1. The molecule has 0 saturated carbocycles. The summed E-state index contributed by atoms with van der Waals surface area (Å²) in [5.41, 5.74) is 0. The van der Waals surface area contributed by atoms with Crippen LogP contribution in [-0.4, -0.2) is 71.6 Å². The molecular weight excluding hydrogens is 312 g/mol. The second-order valence-electron chi connectivity index (χ2n) is 6.94. The molecule has 25 heavy (non-hydrogen) atoms. The number of nitrogens with zero attached hydrogens (tertiary/aromatic N) is 5. The molecule has 0 radical (unpaired) electrons. The Bertz CT molecular complexity index is 520. The normalized spacial score (nSPS) is 18.4. The van der Waals surface area contributed by atoms with Crippen LogP contribution in [0.5, 0.6) is 0 Å². The predicted octanol–water partition coefficient (Wildman–Crippen LogP) is 2.21. The lowest BCUT2D eigenvalue weighted by molar-refractivity contribution is 0.255. The monoisotopic (exact) mass is 348 g/mol. The van der Waals surface area contributed by atoms with Crippen LogP contribution in [0.4, 0.5) is 0 Å². The Morgan fingerprint density at radius 3 is 2.80 bits per heavy atom. The fourth-order valence-electron chi connectivity index (χ4n) is 3.60. The minimum Gasteiger partial charge on any atom is -0.356 e. The molecule has 6 nitrogen and oxygen atoms in total. The van der Waals surface area contributed by atoms with Gasteiger partial charge in [-0.25, -0.2) is 4.98 Å². The summed E-state index contributed by atoms with van der Waals surface area (Å²) >= 11 is 0. The van der Waals surface area contributed by atoms with Gasteiger partial charge in [0.05, 0.1) is 0 Å². The highest BCUT2D eigenvalue weighted by molar-refractivity contribution is 5.80. The van der Waals surface area contributed by atoms with Gasteiger partial charge in [-0.1, -0.05) is 13.8 Å². The largest absolute Gasteiger partial charge is 0.356 e. The summed E-state index contributed by atoms with van der Waals surface area (Å²) in [5.74, 6) is 2.93. The molecule has 142 valence electrons. The highest BCUT2D eigenvalue weighted by atomic mass is 15.3. The molecule has 0 bridgehead atoms. The van der Waals surface area contributed by atoms with Crippen LogP contribution >= 0.6 is 0 Å². The molecule has 1 aliphatic heterocycles. The average Bonchev–Trinajstić information content (AvgIpc) is 3.25. The fraction of sp³-hybridized carbons (Fsp3) is 0.789. The van der Waals surface area contributed by atoms with Crippen LogP contribution in [0.2, 0.25) is 0 Å². The molecule has 1 saturated heterocycles. The summed E-state index contributed by atoms with van der Waals surface area (Å²) in [6, 6.07) is 0. The van der Waals surface area contributed by atoms with E-state index >= 15 is 0 Å². The van der Waals surface area contributed by atoms with Crippen LogP contribution in [0.15, 0.2) is 17.4 Å². The molecule has 2 heterocycles. The molecule has 6 heteroatoms. The Morgan fingerprint density at radius 2 is 2.16 bits per heavy atom. The van der Waals surface area contributed by atoms with Gasteiger partial charge in [-0.15, -0.1) is 0 Å². The van der Waals surface area contributed by atoms with Crippen molar-refractivity contribution in [1.82, 2.24) is 24.7 Å². The highest BCUT2D eigenvalue weighted by Crippen LogP contribution is 2.17. The van der Waals surface area contributed by atoms with Crippen molar-refractivity contribution >= 4 is 5.96 Å². The summed E-state index contributed by atoms with van der Waals surface area (Å²) in [5, 5.41) is 3.55. The van der Waals surface area contributed by atoms with E-state index in [4.69, 9.17) is 0 Å². The zero-order valence-electron chi connectivity index (χ0n) is 16.5. The van der Waals surface area contributed by atoms with Gasteiger partial charge < -0.3 is 19.7 Å². The van der Waals surface area contributed by atoms with Crippen molar-refractivity contribution in [2.24, 2.45) is 10.9 Å². The number of rotatable bonds is 9. The van der Waals surface area contributed by atoms with E-state index in [2.05, 4.69) is 56.6 Å². The minimum atomic E-state index is 0.766. The lowest BCUT2D eigenvalue weighted by Crippen LogP contribution is -2.41. The van der Waals surface area contributed by atoms with E-state index in [0.717, 1.165) is 69.8 Å². The maximum absolute atomic E-state index is 4.49. The molecule has 0 amide bonds. The third-order valence-corrected chi connectivity index (χ3v) is 5.24. The number of aliphatic imine (C=N–C) groups is 1. The van der Waals surface area contributed by atoms with Crippen molar-refractivity contribution in [1.29, 1.82) is 0 Å². The van der Waals surface area contributed by atoms with Gasteiger partial charge in [-0.05, 0) is 45.2 Å². The van der Waals surface area contributed by atoms with E-state index in [0.29, 0.717) is 0 Å². The maximum Gasteiger partial charge on any atom is 0.193 e. The Labute approximate surface area is 153 Å². The number of hydrogen-bond donors (Lipinski definition) is 1. The van der Waals surface area contributed by atoms with Crippen molar-refractivity contribution in [3.63, 3.8) is 0 Å². The molecule has 0 aliphatic carbocycles. The minimum absolute atomic E-state index is 0.766. The van der Waals surface area contributed by atoms with Gasteiger partial charge in [0.1, 0.15) is 5.82 Å². The van der Waals surface area contributed by atoms with E-state index in [1.165, 1.54) is 13.0 Å². The maximum atomic E-state index is 4.49. The number of imidazole rings is 1. The molecule has 1 aliphatic rings. The smallest absolute Gasteiger partial charge is 0.193 e. The van der Waals surface area contributed by atoms with E-state index in [-0.39, 0.29) is 0 Å². The van der Waals surface area contributed by atoms with Gasteiger partial charge in [0.25, 0.3) is 0 Å². The summed E-state index contributed by atoms with van der Waals surface area (Å²) in [4.78, 5) is 13.7. The Hall–Kier alpha value is -1.56. The van der Waals surface area contributed by atoms with Gasteiger partial charge in [0.15, 0.2) is 5.96 Å². The standard InChI is InChI=1S/C19H36N6/c1-5-23(6-2)15-18-9-13-25(16-18)19(20-4)22-10-7-8-12-24-14-11-21-17(24)3/h11,14,18H,5-10,12-13,15-16H2,1-4H3,(H,20,22). The molecule has 1 aromatic rings. The lowest BCUT2D eigenvalue weighted by Gasteiger charge is -2.24. The Kier molecular flexibility index (Phi) is 8.25. The van der Waals surface area contributed by atoms with Crippen LogP contribution in [-0.2, 0) is 6.54 Å². The summed E-state index contributed by atoms with van der Waals surface area (Å²) < 4.78 is 2.22. The van der Waals surface area contributed by atoms with Gasteiger partial charge in [0.2, 0.25) is 0 Å². The number of unbranched alkanes of at least 4 members (excludes halogenated alkanes) is 1. The number of aromatic nitrogens is 2. The van der Waals surface area contributed by atoms with E-state index in [1.807, 2.05) is 13.2 Å². The van der Waals surface area contributed by atoms with Gasteiger partial charge >= 0.3 is 0 Å². The number of hydrogen-bond acceptors (Lipinski definition) is 3. The molecule has 0 spiro atoms. The molecular formula is C19H36N6. The molecule has 1 unspecified atom stereocenters. The third kappa shape index (κ3) is 6.03. The second kappa shape index (κ2) is 10.4. The van der Waals surface area contributed by atoms with Crippen molar-refractivity contribution in [3.8, 4) is 0 Å². The first-order valence-corrected chi connectivity index (χ1v) is 9.83. The number of aryl methyl sites for hydroxylation is 2. The van der Waals surface area contributed by atoms with Crippen molar-refractivity contribution < 1.29 is 0 Å². The SMILES string of the molecule is CCN(CC)CC1CCN(C(=NC)NCCCCn2ccnc2C)C1. The predicted molar refractivity (Wildman–Crippen MR) is 105 cm³/mol. The lowest BCUT2D eigenvalue weighted by atomic mass is 10.1. The second-order valence-corrected chi connectivity index (χ2v) is 6.94. The fourth-order valence-corrected chi connectivity index (χ4v) is 3.60. The summed E-state index contributed by atoms with van der Waals surface area (Å²) in [7, 11) is 1.90. The Morgan fingerprint density at radius 1 is 1.36 bits per heavy atom. The zero-order valence-corrected chi connectivity index (χ0v) is 16.5. The van der Waals surface area contributed by atoms with Gasteiger partial charge in [-0.3, -0.25) is 4.99 Å². The molecule has 1 aromatic heterocycles. The van der Waals surface area contributed by atoms with Crippen LogP contribution in [0.25, 0.3) is 0 Å². The first-order valence-electron chi connectivity index (χ1n) is 9.83. The van der Waals surface area contributed by atoms with Crippen molar-refractivity contribution in [3.05, 3.63) is 18.2 Å². The topological polar surface area (TPSA) is 48.7 Å². The van der Waals surface area contributed by atoms with Crippen molar-refractivity contribution in [2.75, 3.05) is 46.3 Å². The average molecular weight is 349 g/mol. The molecule has 1 N–H and O–H groups in total. The van der Waals surface area contributed by atoms with Crippen LogP contribution < -0.4 is 5.32 Å². The number of guanidine groups is 1. The van der Waals surface area contributed by atoms with Crippen LogP contribution in [0, 0.1) is 12.8 Å². The highest BCUT2D eigenvalue weighted by Gasteiger charge is 2.25. The summed E-state index contributed by atoms with van der Waals surface area (Å²) in [6.07, 6.45) is 7.51. The molecule has 2 rings (SSSR count). The Balaban J connectivity index is 1.66. The quantitative estimate of drug-likeness (QED) is 0.422. The van der Waals surface area contributed by atoms with E-state index in [9.17, 15) is 0 Å². The van der Waals surface area contributed by atoms with Crippen LogP contribution in [0.3, 0.4) is 0 Å². The van der Waals surface area contributed by atoms with Gasteiger partial charge in [-0.2, -0.15) is 0 Å². The molecule has 1 atom stereocenters. The van der Waals surface area contributed by atoms with E-state index < -0.39 is 0 Å². The number of nitrogens with one attached hydrogen (secondary N) is 1. The molecule has 1 fully saturated rings. The van der Waals surface area contributed by atoms with Crippen molar-refractivity contribution in [2.45, 2.75) is 46.6 Å². The third-order valence-electron chi connectivity index (χ3n) is 5.24. The molecule has 0 aromatic carbocycles. The number of likely N-dealkylation sites (tertiary alicyclic amines) is 1. The summed E-state index contributed by atoms with van der Waals surface area (Å²) in [6.45, 7) is 14.4. The first-order chi connectivity index (χ1) is 12.2. The van der Waals surface area contributed by atoms with Gasteiger partial charge in [0, 0.05) is 52.2 Å². The first kappa shape index (κ1) is 19.8.